The largest absolute Gasteiger partial charge is 0.374 e. The summed E-state index contributed by atoms with van der Waals surface area (Å²) in [7, 11) is 1.66. The Hall–Kier alpha value is -0.940. The van der Waals surface area contributed by atoms with E-state index in [0.717, 1.165) is 0 Å². The van der Waals surface area contributed by atoms with Crippen LogP contribution in [0.4, 0.5) is 0 Å². The summed E-state index contributed by atoms with van der Waals surface area (Å²) in [6.07, 6.45) is -0.736. The average Bonchev–Trinajstić information content (AvgIpc) is 2.29. The molecule has 2 aromatic rings. The molecule has 0 amide bonds. The molecule has 0 saturated carbocycles. The highest BCUT2D eigenvalue weighted by atomic mass is 35.5. The fraction of sp³-hybridized carbons (Fsp3) is 0.200. The second-order valence-electron chi connectivity index (χ2n) is 3.24. The fourth-order valence-electron chi connectivity index (χ4n) is 1.37. The van der Waals surface area contributed by atoms with Crippen molar-refractivity contribution in [2.75, 3.05) is 7.05 Å². The Bertz CT molecular complexity index is 533. The maximum absolute atomic E-state index is 9.59. The van der Waals surface area contributed by atoms with Crippen LogP contribution in [0.25, 0.3) is 11.0 Å². The smallest absolute Gasteiger partial charge is 0.167 e. The van der Waals surface area contributed by atoms with Gasteiger partial charge in [-0.25, -0.2) is 9.97 Å². The number of fused-ring (bicyclic) bond motifs is 1. The molecule has 16 heavy (non-hydrogen) atoms. The van der Waals surface area contributed by atoms with E-state index in [9.17, 15) is 5.11 Å². The molecule has 0 saturated heterocycles. The lowest BCUT2D eigenvalue weighted by molar-refractivity contribution is 0.149. The molecule has 1 aromatic heterocycles. The number of halogens is 2. The van der Waals surface area contributed by atoms with Crippen LogP contribution in [0.3, 0.4) is 0 Å². The van der Waals surface area contributed by atoms with E-state index in [1.165, 1.54) is 0 Å². The van der Waals surface area contributed by atoms with Gasteiger partial charge in [-0.3, -0.25) is 5.32 Å². The van der Waals surface area contributed by atoms with E-state index in [-0.39, 0.29) is 10.3 Å². The highest BCUT2D eigenvalue weighted by Crippen LogP contribution is 2.22. The van der Waals surface area contributed by atoms with Crippen molar-refractivity contribution in [3.05, 3.63) is 34.1 Å². The van der Waals surface area contributed by atoms with E-state index < -0.39 is 6.23 Å². The van der Waals surface area contributed by atoms with Crippen LogP contribution in [-0.4, -0.2) is 22.1 Å². The molecule has 4 nitrogen and oxygen atoms in total. The molecule has 0 aliphatic rings. The van der Waals surface area contributed by atoms with E-state index in [0.29, 0.717) is 16.6 Å². The van der Waals surface area contributed by atoms with Gasteiger partial charge in [0.2, 0.25) is 0 Å². The minimum absolute atomic E-state index is 0.158. The average molecular weight is 258 g/mol. The Balaban J connectivity index is 2.57. The van der Waals surface area contributed by atoms with Crippen LogP contribution in [0, 0.1) is 0 Å². The molecule has 0 fully saturated rings. The summed E-state index contributed by atoms with van der Waals surface area (Å²) in [6.45, 7) is 0. The van der Waals surface area contributed by atoms with Gasteiger partial charge in [0, 0.05) is 0 Å². The Morgan fingerprint density at radius 3 is 2.44 bits per heavy atom. The van der Waals surface area contributed by atoms with Gasteiger partial charge < -0.3 is 5.11 Å². The van der Waals surface area contributed by atoms with Gasteiger partial charge >= 0.3 is 0 Å². The molecule has 2 N–H and O–H groups in total. The maximum Gasteiger partial charge on any atom is 0.167 e. The van der Waals surface area contributed by atoms with Gasteiger partial charge in [0.05, 0.1) is 11.0 Å². The lowest BCUT2D eigenvalue weighted by atomic mass is 10.1. The fourth-order valence-corrected chi connectivity index (χ4v) is 1.63. The number of nitrogens with one attached hydrogen (secondary N) is 1. The first-order chi connectivity index (χ1) is 7.61. The highest BCUT2D eigenvalue weighted by Gasteiger charge is 2.08. The van der Waals surface area contributed by atoms with Crippen molar-refractivity contribution in [1.29, 1.82) is 0 Å². The highest BCUT2D eigenvalue weighted by molar-refractivity contribution is 6.40. The summed E-state index contributed by atoms with van der Waals surface area (Å²) in [5, 5.41) is 12.6. The van der Waals surface area contributed by atoms with E-state index in [2.05, 4.69) is 15.3 Å². The molecular weight excluding hydrogens is 249 g/mol. The maximum atomic E-state index is 9.59. The number of hydrogen-bond donors (Lipinski definition) is 2. The zero-order chi connectivity index (χ0) is 11.7. The molecule has 0 aliphatic heterocycles. The molecule has 0 spiro atoms. The van der Waals surface area contributed by atoms with Crippen LogP contribution in [0.15, 0.2) is 18.2 Å². The van der Waals surface area contributed by atoms with Crippen molar-refractivity contribution in [2.24, 2.45) is 0 Å². The molecular formula is C10H9Cl2N3O. The molecule has 2 rings (SSSR count). The lowest BCUT2D eigenvalue weighted by Gasteiger charge is -2.09. The van der Waals surface area contributed by atoms with Gasteiger partial charge in [-0.05, 0) is 24.7 Å². The van der Waals surface area contributed by atoms with Crippen LogP contribution in [0.1, 0.15) is 11.8 Å². The third kappa shape index (κ3) is 2.10. The predicted molar refractivity (Wildman–Crippen MR) is 63.6 cm³/mol. The van der Waals surface area contributed by atoms with E-state index in [1.807, 2.05) is 0 Å². The molecule has 0 bridgehead atoms. The normalized spacial score (nSPS) is 13.0. The van der Waals surface area contributed by atoms with Crippen molar-refractivity contribution < 1.29 is 5.11 Å². The minimum atomic E-state index is -0.736. The van der Waals surface area contributed by atoms with Crippen LogP contribution in [0.2, 0.25) is 10.3 Å². The third-order valence-corrected chi connectivity index (χ3v) is 2.82. The molecule has 6 heteroatoms. The zero-order valence-corrected chi connectivity index (χ0v) is 9.92. The summed E-state index contributed by atoms with van der Waals surface area (Å²) in [4.78, 5) is 8.16. The monoisotopic (exact) mass is 257 g/mol. The van der Waals surface area contributed by atoms with Gasteiger partial charge in [-0.1, -0.05) is 29.3 Å². The molecule has 0 radical (unpaired) electrons. The van der Waals surface area contributed by atoms with E-state index in [4.69, 9.17) is 23.2 Å². The zero-order valence-electron chi connectivity index (χ0n) is 8.41. The summed E-state index contributed by atoms with van der Waals surface area (Å²) in [6, 6.07) is 5.20. The number of aliphatic hydroxyl groups is 1. The third-order valence-electron chi connectivity index (χ3n) is 2.20. The Morgan fingerprint density at radius 1 is 1.19 bits per heavy atom. The number of nitrogens with zero attached hydrogens (tertiary/aromatic N) is 2. The van der Waals surface area contributed by atoms with Gasteiger partial charge in [-0.2, -0.15) is 0 Å². The van der Waals surface area contributed by atoms with Gasteiger partial charge in [0.1, 0.15) is 6.23 Å². The summed E-state index contributed by atoms with van der Waals surface area (Å²) >= 11 is 11.5. The van der Waals surface area contributed by atoms with Crippen molar-refractivity contribution in [3.8, 4) is 0 Å². The quantitative estimate of drug-likeness (QED) is 0.810. The molecule has 0 aliphatic carbocycles. The van der Waals surface area contributed by atoms with Crippen molar-refractivity contribution in [1.82, 2.24) is 15.3 Å². The molecule has 1 aromatic carbocycles. The second-order valence-corrected chi connectivity index (χ2v) is 3.96. The number of hydrogen-bond acceptors (Lipinski definition) is 4. The Labute approximate surface area is 102 Å². The SMILES string of the molecule is CNC(O)c1ccc2nc(Cl)c(Cl)nc2c1. The first-order valence-corrected chi connectivity index (χ1v) is 5.35. The van der Waals surface area contributed by atoms with Crippen molar-refractivity contribution >= 4 is 34.2 Å². The molecule has 1 heterocycles. The Morgan fingerprint density at radius 2 is 1.81 bits per heavy atom. The molecule has 1 unspecified atom stereocenters. The van der Waals surface area contributed by atoms with E-state index in [1.54, 1.807) is 25.2 Å². The van der Waals surface area contributed by atoms with Crippen molar-refractivity contribution in [3.63, 3.8) is 0 Å². The minimum Gasteiger partial charge on any atom is -0.374 e. The van der Waals surface area contributed by atoms with Crippen LogP contribution in [0.5, 0.6) is 0 Å². The number of benzene rings is 1. The summed E-state index contributed by atoms with van der Waals surface area (Å²) in [5.41, 5.74) is 1.94. The predicted octanol–water partition coefficient (Wildman–Crippen LogP) is 2.15. The standard InChI is InChI=1S/C10H9Cl2N3O/c1-13-10(16)5-2-3-6-7(4-5)15-9(12)8(11)14-6/h2-4,10,13,16H,1H3. The van der Waals surface area contributed by atoms with Crippen LogP contribution < -0.4 is 5.32 Å². The van der Waals surface area contributed by atoms with Gasteiger partial charge in [0.15, 0.2) is 10.3 Å². The lowest BCUT2D eigenvalue weighted by Crippen LogP contribution is -2.15. The molecule has 84 valence electrons. The van der Waals surface area contributed by atoms with Crippen LogP contribution in [-0.2, 0) is 0 Å². The summed E-state index contributed by atoms with van der Waals surface area (Å²) in [5.74, 6) is 0. The van der Waals surface area contributed by atoms with Crippen molar-refractivity contribution in [2.45, 2.75) is 6.23 Å². The topological polar surface area (TPSA) is 58.0 Å². The number of aromatic nitrogens is 2. The molecule has 1 atom stereocenters. The van der Waals surface area contributed by atoms with Gasteiger partial charge in [0.25, 0.3) is 0 Å². The second kappa shape index (κ2) is 4.51. The number of aliphatic hydroxyl groups excluding tert-OH is 1. The van der Waals surface area contributed by atoms with Gasteiger partial charge in [-0.15, -0.1) is 0 Å². The first-order valence-electron chi connectivity index (χ1n) is 4.60. The summed E-state index contributed by atoms with van der Waals surface area (Å²) < 4.78 is 0. The number of rotatable bonds is 2. The Kier molecular flexibility index (Phi) is 3.25. The van der Waals surface area contributed by atoms with Crippen LogP contribution >= 0.6 is 23.2 Å². The first kappa shape index (κ1) is 11.5. The van der Waals surface area contributed by atoms with E-state index >= 15 is 0 Å².